The van der Waals surface area contributed by atoms with Crippen LogP contribution in [0.5, 0.6) is 11.5 Å². The van der Waals surface area contributed by atoms with E-state index in [4.69, 9.17) is 9.47 Å². The lowest BCUT2D eigenvalue weighted by Crippen LogP contribution is -2.46. The molecule has 2 aliphatic rings. The van der Waals surface area contributed by atoms with Gasteiger partial charge in [0.2, 0.25) is 0 Å². The first kappa shape index (κ1) is 18.2. The molecule has 6 heteroatoms. The summed E-state index contributed by atoms with van der Waals surface area (Å²) in [5.41, 5.74) is 1.21. The number of halogens is 1. The van der Waals surface area contributed by atoms with Crippen molar-refractivity contribution in [2.75, 3.05) is 33.9 Å². The van der Waals surface area contributed by atoms with E-state index in [2.05, 4.69) is 27.3 Å². The van der Waals surface area contributed by atoms with Gasteiger partial charge in [-0.2, -0.15) is 0 Å². The number of benzene rings is 1. The fraction of sp³-hybridized carbons (Fsp3) is 0.588. The van der Waals surface area contributed by atoms with Crippen LogP contribution in [-0.2, 0) is 6.42 Å². The van der Waals surface area contributed by atoms with Crippen LogP contribution in [0.2, 0.25) is 0 Å². The minimum atomic E-state index is 0. The van der Waals surface area contributed by atoms with Crippen molar-refractivity contribution in [2.24, 2.45) is 4.99 Å². The average molecular weight is 431 g/mol. The molecule has 0 aromatic heterocycles. The Morgan fingerprint density at radius 2 is 1.91 bits per heavy atom. The van der Waals surface area contributed by atoms with Crippen LogP contribution in [0, 0.1) is 0 Å². The van der Waals surface area contributed by atoms with Gasteiger partial charge in [-0.3, -0.25) is 4.99 Å². The highest BCUT2D eigenvalue weighted by molar-refractivity contribution is 14.0. The Morgan fingerprint density at radius 1 is 1.17 bits per heavy atom. The lowest BCUT2D eigenvalue weighted by molar-refractivity contribution is 0.262. The second kappa shape index (κ2) is 8.61. The van der Waals surface area contributed by atoms with E-state index < -0.39 is 0 Å². The Labute approximate surface area is 155 Å². The Hall–Kier alpha value is -1.18. The minimum Gasteiger partial charge on any atom is -0.497 e. The van der Waals surface area contributed by atoms with Crippen LogP contribution in [0.4, 0.5) is 0 Å². The van der Waals surface area contributed by atoms with Crippen molar-refractivity contribution in [3.8, 4) is 11.5 Å². The van der Waals surface area contributed by atoms with Gasteiger partial charge in [-0.15, -0.1) is 24.0 Å². The van der Waals surface area contributed by atoms with Crippen molar-refractivity contribution in [1.82, 2.24) is 10.2 Å². The summed E-state index contributed by atoms with van der Waals surface area (Å²) in [6.45, 7) is 2.97. The van der Waals surface area contributed by atoms with Gasteiger partial charge in [0.15, 0.2) is 5.96 Å². The van der Waals surface area contributed by atoms with Crippen LogP contribution < -0.4 is 14.8 Å². The summed E-state index contributed by atoms with van der Waals surface area (Å²) in [5.74, 6) is 2.76. The van der Waals surface area contributed by atoms with Crippen molar-refractivity contribution >= 4 is 29.9 Å². The van der Waals surface area contributed by atoms with E-state index in [1.807, 2.05) is 6.07 Å². The summed E-state index contributed by atoms with van der Waals surface area (Å²) in [4.78, 5) is 7.10. The van der Waals surface area contributed by atoms with Gasteiger partial charge in [-0.1, -0.05) is 0 Å². The summed E-state index contributed by atoms with van der Waals surface area (Å²) in [7, 11) is 3.36. The molecule has 2 aliphatic heterocycles. The van der Waals surface area contributed by atoms with E-state index in [0.29, 0.717) is 6.04 Å². The third-order valence-electron chi connectivity index (χ3n) is 4.46. The fourth-order valence-electron chi connectivity index (χ4n) is 3.24. The first-order valence-electron chi connectivity index (χ1n) is 8.07. The highest BCUT2D eigenvalue weighted by Crippen LogP contribution is 2.23. The number of guanidine groups is 1. The number of nitrogens with one attached hydrogen (secondary N) is 1. The van der Waals surface area contributed by atoms with Gasteiger partial charge in [0.1, 0.15) is 11.5 Å². The molecule has 3 rings (SSSR count). The third-order valence-corrected chi connectivity index (χ3v) is 4.46. The summed E-state index contributed by atoms with van der Waals surface area (Å²) < 4.78 is 10.6. The summed E-state index contributed by atoms with van der Waals surface area (Å²) in [5, 5.41) is 3.50. The van der Waals surface area contributed by atoms with Crippen LogP contribution >= 0.6 is 24.0 Å². The maximum Gasteiger partial charge on any atom is 0.194 e. The molecule has 0 amide bonds. The highest BCUT2D eigenvalue weighted by atomic mass is 127. The zero-order chi connectivity index (χ0) is 15.4. The predicted molar refractivity (Wildman–Crippen MR) is 103 cm³/mol. The lowest BCUT2D eigenvalue weighted by atomic mass is 10.0. The number of fused-ring (bicyclic) bond motifs is 1. The standard InChI is InChI=1S/C17H25N3O2.HI/c1-21-15-9-13(10-16(11-15)22-2)6-7-18-17-19-12-14-5-3-4-8-20(14)17;/h9-11,14H,3-8,12H2,1-2H3,(H,18,19);1H/t14-;/m1./s1. The van der Waals surface area contributed by atoms with Gasteiger partial charge >= 0.3 is 0 Å². The van der Waals surface area contributed by atoms with Gasteiger partial charge in [0.05, 0.1) is 26.8 Å². The quantitative estimate of drug-likeness (QED) is 0.729. The molecular weight excluding hydrogens is 405 g/mol. The smallest absolute Gasteiger partial charge is 0.194 e. The molecular formula is C17H26IN3O2. The zero-order valence-electron chi connectivity index (χ0n) is 13.9. The van der Waals surface area contributed by atoms with Crippen LogP contribution in [-0.4, -0.2) is 50.8 Å². The Bertz CT molecular complexity index is 528. The average Bonchev–Trinajstić information content (AvgIpc) is 2.98. The van der Waals surface area contributed by atoms with E-state index >= 15 is 0 Å². The summed E-state index contributed by atoms with van der Waals surface area (Å²) in [6, 6.07) is 6.65. The maximum atomic E-state index is 5.32. The minimum absolute atomic E-state index is 0. The van der Waals surface area contributed by atoms with Crippen molar-refractivity contribution < 1.29 is 9.47 Å². The number of aliphatic imine (C=N–C) groups is 1. The number of rotatable bonds is 5. The molecule has 0 bridgehead atoms. The van der Waals surface area contributed by atoms with Gasteiger partial charge in [-0.05, 0) is 43.4 Å². The second-order valence-corrected chi connectivity index (χ2v) is 5.90. The van der Waals surface area contributed by atoms with Gasteiger partial charge < -0.3 is 19.7 Å². The van der Waals surface area contributed by atoms with E-state index in [1.165, 1.54) is 24.8 Å². The molecule has 0 radical (unpaired) electrons. The molecule has 1 aromatic rings. The molecule has 0 aliphatic carbocycles. The van der Waals surface area contributed by atoms with Crippen molar-refractivity contribution in [3.05, 3.63) is 23.8 Å². The summed E-state index contributed by atoms with van der Waals surface area (Å²) in [6.07, 6.45) is 4.82. The molecule has 128 valence electrons. The Balaban J connectivity index is 0.00000192. The highest BCUT2D eigenvalue weighted by Gasteiger charge is 2.29. The van der Waals surface area contributed by atoms with Crippen molar-refractivity contribution in [2.45, 2.75) is 31.7 Å². The lowest BCUT2D eigenvalue weighted by Gasteiger charge is -2.32. The van der Waals surface area contributed by atoms with Crippen LogP contribution in [0.1, 0.15) is 24.8 Å². The molecule has 1 N–H and O–H groups in total. The topological polar surface area (TPSA) is 46.1 Å². The van der Waals surface area contributed by atoms with E-state index in [-0.39, 0.29) is 24.0 Å². The van der Waals surface area contributed by atoms with E-state index in [9.17, 15) is 0 Å². The molecule has 0 saturated carbocycles. The van der Waals surface area contributed by atoms with Gasteiger partial charge in [-0.25, -0.2) is 0 Å². The number of piperidine rings is 1. The third kappa shape index (κ3) is 4.43. The Kier molecular flexibility index (Phi) is 6.80. The first-order chi connectivity index (χ1) is 10.8. The van der Waals surface area contributed by atoms with Crippen molar-refractivity contribution in [1.29, 1.82) is 0 Å². The number of nitrogens with zero attached hydrogens (tertiary/aromatic N) is 2. The molecule has 2 heterocycles. The molecule has 0 spiro atoms. The number of hydrogen-bond donors (Lipinski definition) is 1. The molecule has 1 saturated heterocycles. The number of methoxy groups -OCH3 is 2. The second-order valence-electron chi connectivity index (χ2n) is 5.90. The van der Waals surface area contributed by atoms with Crippen LogP contribution in [0.25, 0.3) is 0 Å². The first-order valence-corrected chi connectivity index (χ1v) is 8.07. The molecule has 23 heavy (non-hydrogen) atoms. The van der Waals surface area contributed by atoms with E-state index in [0.717, 1.165) is 43.5 Å². The molecule has 1 atom stereocenters. The van der Waals surface area contributed by atoms with Crippen LogP contribution in [0.15, 0.2) is 23.2 Å². The zero-order valence-corrected chi connectivity index (χ0v) is 16.2. The Morgan fingerprint density at radius 3 is 2.61 bits per heavy atom. The maximum absolute atomic E-state index is 5.32. The monoisotopic (exact) mass is 431 g/mol. The SMILES string of the molecule is COc1cc(CCNC2=NC[C@H]3CCCCN23)cc(OC)c1.I. The number of ether oxygens (including phenoxy) is 2. The molecule has 0 unspecified atom stereocenters. The van der Waals surface area contributed by atoms with Crippen molar-refractivity contribution in [3.63, 3.8) is 0 Å². The van der Waals surface area contributed by atoms with Gasteiger partial charge in [0.25, 0.3) is 0 Å². The van der Waals surface area contributed by atoms with Gasteiger partial charge in [0, 0.05) is 19.2 Å². The largest absolute Gasteiger partial charge is 0.497 e. The normalized spacial score (nSPS) is 19.5. The molecule has 5 nitrogen and oxygen atoms in total. The number of hydrogen-bond acceptors (Lipinski definition) is 5. The predicted octanol–water partition coefficient (Wildman–Crippen LogP) is 2.68. The molecule has 1 aromatic carbocycles. The van der Waals surface area contributed by atoms with E-state index in [1.54, 1.807) is 14.2 Å². The van der Waals surface area contributed by atoms with Crippen LogP contribution in [0.3, 0.4) is 0 Å². The summed E-state index contributed by atoms with van der Waals surface area (Å²) >= 11 is 0. The fourth-order valence-corrected chi connectivity index (χ4v) is 3.24. The molecule has 1 fully saturated rings.